The first-order valence-corrected chi connectivity index (χ1v) is 3.97. The Bertz CT molecular complexity index is 239. The van der Waals surface area contributed by atoms with Crippen LogP contribution in [0.5, 0.6) is 0 Å². The highest BCUT2D eigenvalue weighted by atomic mass is 19.1. The topological polar surface area (TPSA) is 37.8 Å². The number of rotatable bonds is 4. The number of aromatic nitrogens is 2. The molecular formula is C8H12FN3. The summed E-state index contributed by atoms with van der Waals surface area (Å²) >= 11 is 0. The quantitative estimate of drug-likeness (QED) is 0.746. The lowest BCUT2D eigenvalue weighted by Crippen LogP contribution is -2.02. The number of hydrogen-bond donors (Lipinski definition) is 1. The predicted molar refractivity (Wildman–Crippen MR) is 45.6 cm³/mol. The van der Waals surface area contributed by atoms with Crippen LogP contribution in [-0.4, -0.2) is 16.5 Å². The Kier molecular flexibility index (Phi) is 3.44. The van der Waals surface area contributed by atoms with E-state index in [0.717, 1.165) is 13.0 Å². The molecule has 0 atom stereocenters. The van der Waals surface area contributed by atoms with Gasteiger partial charge in [0, 0.05) is 12.6 Å². The van der Waals surface area contributed by atoms with Crippen molar-refractivity contribution in [2.45, 2.75) is 20.0 Å². The van der Waals surface area contributed by atoms with Gasteiger partial charge in [-0.25, -0.2) is 14.4 Å². The SMILES string of the molecule is CCCNc1cc(CF)ncn1. The van der Waals surface area contributed by atoms with Crippen molar-refractivity contribution in [3.63, 3.8) is 0 Å². The van der Waals surface area contributed by atoms with Crippen LogP contribution >= 0.6 is 0 Å². The zero-order valence-corrected chi connectivity index (χ0v) is 7.05. The molecule has 1 heterocycles. The molecule has 0 amide bonds. The van der Waals surface area contributed by atoms with Gasteiger partial charge in [0.1, 0.15) is 18.8 Å². The molecule has 0 aliphatic carbocycles. The molecule has 0 fully saturated rings. The molecule has 0 radical (unpaired) electrons. The summed E-state index contributed by atoms with van der Waals surface area (Å²) in [5.74, 6) is 0.694. The number of nitrogens with zero attached hydrogens (tertiary/aromatic N) is 2. The third kappa shape index (κ3) is 2.45. The molecule has 0 bridgehead atoms. The summed E-state index contributed by atoms with van der Waals surface area (Å²) in [4.78, 5) is 7.68. The zero-order valence-electron chi connectivity index (χ0n) is 7.05. The molecule has 0 aliphatic heterocycles. The van der Waals surface area contributed by atoms with Gasteiger partial charge in [0.15, 0.2) is 0 Å². The van der Waals surface area contributed by atoms with Crippen LogP contribution in [0.2, 0.25) is 0 Å². The van der Waals surface area contributed by atoms with Crippen molar-refractivity contribution in [2.75, 3.05) is 11.9 Å². The van der Waals surface area contributed by atoms with Crippen molar-refractivity contribution >= 4 is 5.82 Å². The van der Waals surface area contributed by atoms with Gasteiger partial charge < -0.3 is 5.32 Å². The van der Waals surface area contributed by atoms with E-state index in [2.05, 4.69) is 22.2 Å². The molecule has 12 heavy (non-hydrogen) atoms. The molecule has 1 rings (SSSR count). The van der Waals surface area contributed by atoms with E-state index in [9.17, 15) is 4.39 Å². The van der Waals surface area contributed by atoms with Crippen molar-refractivity contribution in [3.05, 3.63) is 18.1 Å². The van der Waals surface area contributed by atoms with Crippen LogP contribution in [0.25, 0.3) is 0 Å². The van der Waals surface area contributed by atoms with E-state index in [0.29, 0.717) is 11.5 Å². The Hall–Kier alpha value is -1.19. The Morgan fingerprint density at radius 2 is 2.33 bits per heavy atom. The molecule has 0 aromatic carbocycles. The van der Waals surface area contributed by atoms with E-state index < -0.39 is 6.67 Å². The minimum Gasteiger partial charge on any atom is -0.370 e. The highest BCUT2D eigenvalue weighted by Gasteiger charge is 1.95. The fourth-order valence-electron chi connectivity index (χ4n) is 0.820. The fourth-order valence-corrected chi connectivity index (χ4v) is 0.820. The number of anilines is 1. The second-order valence-electron chi connectivity index (χ2n) is 2.45. The summed E-state index contributed by atoms with van der Waals surface area (Å²) in [6, 6.07) is 1.62. The lowest BCUT2D eigenvalue weighted by atomic mass is 10.4. The maximum atomic E-state index is 12.1. The van der Waals surface area contributed by atoms with E-state index >= 15 is 0 Å². The molecule has 0 saturated carbocycles. The second kappa shape index (κ2) is 4.64. The van der Waals surface area contributed by atoms with Crippen LogP contribution in [-0.2, 0) is 6.67 Å². The third-order valence-corrected chi connectivity index (χ3v) is 1.42. The van der Waals surface area contributed by atoms with Crippen molar-refractivity contribution < 1.29 is 4.39 Å². The Morgan fingerprint density at radius 3 is 3.00 bits per heavy atom. The van der Waals surface area contributed by atoms with E-state index in [1.54, 1.807) is 6.07 Å². The van der Waals surface area contributed by atoms with Crippen LogP contribution in [0.4, 0.5) is 10.2 Å². The summed E-state index contributed by atoms with van der Waals surface area (Å²) in [6.07, 6.45) is 2.39. The smallest absolute Gasteiger partial charge is 0.132 e. The zero-order chi connectivity index (χ0) is 8.81. The maximum absolute atomic E-state index is 12.1. The van der Waals surface area contributed by atoms with Gasteiger partial charge in [-0.3, -0.25) is 0 Å². The fraction of sp³-hybridized carbons (Fsp3) is 0.500. The second-order valence-corrected chi connectivity index (χ2v) is 2.45. The summed E-state index contributed by atoms with van der Waals surface area (Å²) in [5, 5.41) is 3.05. The molecule has 1 aromatic heterocycles. The van der Waals surface area contributed by atoms with Crippen molar-refractivity contribution in [3.8, 4) is 0 Å². The maximum Gasteiger partial charge on any atom is 0.132 e. The number of alkyl halides is 1. The summed E-state index contributed by atoms with van der Waals surface area (Å²) in [7, 11) is 0. The van der Waals surface area contributed by atoms with Gasteiger partial charge in [0.25, 0.3) is 0 Å². The number of nitrogens with one attached hydrogen (secondary N) is 1. The van der Waals surface area contributed by atoms with E-state index in [1.807, 2.05) is 0 Å². The third-order valence-electron chi connectivity index (χ3n) is 1.42. The summed E-state index contributed by atoms with van der Waals surface area (Å²) in [6.45, 7) is 2.37. The molecule has 0 unspecified atom stereocenters. The van der Waals surface area contributed by atoms with Gasteiger partial charge in [0.05, 0.1) is 5.69 Å². The van der Waals surface area contributed by atoms with Gasteiger partial charge in [-0.2, -0.15) is 0 Å². The van der Waals surface area contributed by atoms with Crippen molar-refractivity contribution in [2.24, 2.45) is 0 Å². The van der Waals surface area contributed by atoms with Crippen LogP contribution in [0, 0.1) is 0 Å². The van der Waals surface area contributed by atoms with Gasteiger partial charge in [0.2, 0.25) is 0 Å². The van der Waals surface area contributed by atoms with Gasteiger partial charge in [-0.05, 0) is 6.42 Å². The molecule has 0 spiro atoms. The Balaban J connectivity index is 2.60. The first kappa shape index (κ1) is 8.90. The average Bonchev–Trinajstić information content (AvgIpc) is 2.15. The standard InChI is InChI=1S/C8H12FN3/c1-2-3-10-8-4-7(5-9)11-6-12-8/h4,6H,2-3,5H2,1H3,(H,10,11,12). The highest BCUT2D eigenvalue weighted by molar-refractivity contribution is 5.34. The van der Waals surface area contributed by atoms with Gasteiger partial charge >= 0.3 is 0 Å². The molecule has 3 nitrogen and oxygen atoms in total. The summed E-state index contributed by atoms with van der Waals surface area (Å²) in [5.41, 5.74) is 0.420. The first-order chi connectivity index (χ1) is 5.86. The molecule has 1 N–H and O–H groups in total. The lowest BCUT2D eigenvalue weighted by molar-refractivity contribution is 0.475. The van der Waals surface area contributed by atoms with E-state index in [4.69, 9.17) is 0 Å². The first-order valence-electron chi connectivity index (χ1n) is 3.97. The van der Waals surface area contributed by atoms with E-state index in [-0.39, 0.29) is 0 Å². The van der Waals surface area contributed by atoms with Crippen molar-refractivity contribution in [1.82, 2.24) is 9.97 Å². The van der Waals surface area contributed by atoms with E-state index in [1.165, 1.54) is 6.33 Å². The number of hydrogen-bond acceptors (Lipinski definition) is 3. The average molecular weight is 169 g/mol. The van der Waals surface area contributed by atoms with Crippen LogP contribution in [0.3, 0.4) is 0 Å². The van der Waals surface area contributed by atoms with Crippen LogP contribution in [0.15, 0.2) is 12.4 Å². The minimum absolute atomic E-state index is 0.420. The molecule has 1 aromatic rings. The molecule has 0 aliphatic rings. The largest absolute Gasteiger partial charge is 0.370 e. The molecular weight excluding hydrogens is 157 g/mol. The highest BCUT2D eigenvalue weighted by Crippen LogP contribution is 2.04. The van der Waals surface area contributed by atoms with Crippen LogP contribution < -0.4 is 5.32 Å². The summed E-state index contributed by atoms with van der Waals surface area (Å²) < 4.78 is 12.1. The number of halogens is 1. The van der Waals surface area contributed by atoms with Crippen molar-refractivity contribution in [1.29, 1.82) is 0 Å². The Morgan fingerprint density at radius 1 is 1.50 bits per heavy atom. The normalized spacial score (nSPS) is 9.83. The van der Waals surface area contributed by atoms with Gasteiger partial charge in [-0.15, -0.1) is 0 Å². The van der Waals surface area contributed by atoms with Gasteiger partial charge in [-0.1, -0.05) is 6.92 Å². The molecule has 66 valence electrons. The lowest BCUT2D eigenvalue weighted by Gasteiger charge is -2.02. The monoisotopic (exact) mass is 169 g/mol. The van der Waals surface area contributed by atoms with Crippen LogP contribution in [0.1, 0.15) is 19.0 Å². The predicted octanol–water partition coefficient (Wildman–Crippen LogP) is 1.77. The molecule has 0 saturated heterocycles. The minimum atomic E-state index is -0.538. The molecule has 4 heteroatoms. The Labute approximate surface area is 71.0 Å².